The van der Waals surface area contributed by atoms with Gasteiger partial charge in [0.1, 0.15) is 0 Å². The Hall–Kier alpha value is -2.48. The minimum atomic E-state index is -1.21. The Balaban J connectivity index is 1.58. The molecule has 0 bridgehead atoms. The van der Waals surface area contributed by atoms with Crippen LogP contribution in [-0.4, -0.2) is 40.1 Å². The van der Waals surface area contributed by atoms with Crippen LogP contribution >= 0.6 is 0 Å². The number of amides is 1. The summed E-state index contributed by atoms with van der Waals surface area (Å²) in [5.41, 5.74) is 7.68. The van der Waals surface area contributed by atoms with Crippen molar-refractivity contribution < 1.29 is 14.3 Å². The first-order valence-corrected chi connectivity index (χ1v) is 11.0. The minimum absolute atomic E-state index is 0.0983. The van der Waals surface area contributed by atoms with Crippen molar-refractivity contribution in [1.82, 2.24) is 19.9 Å². The van der Waals surface area contributed by atoms with E-state index in [2.05, 4.69) is 10.4 Å². The lowest BCUT2D eigenvalue weighted by molar-refractivity contribution is -0.161. The number of hydrogen-bond acceptors (Lipinski definition) is 6. The van der Waals surface area contributed by atoms with E-state index in [9.17, 15) is 9.59 Å². The molecule has 0 aromatic carbocycles. The van der Waals surface area contributed by atoms with Crippen LogP contribution in [0.2, 0.25) is 0 Å². The van der Waals surface area contributed by atoms with Crippen LogP contribution in [0, 0.1) is 11.3 Å². The first kappa shape index (κ1) is 20.8. The molecule has 2 aromatic heterocycles. The molecule has 30 heavy (non-hydrogen) atoms. The molecular formula is C22H31N5O3. The second-order valence-corrected chi connectivity index (χ2v) is 8.72. The summed E-state index contributed by atoms with van der Waals surface area (Å²) in [6.45, 7) is 0.581. The average Bonchev–Trinajstić information content (AvgIpc) is 2.99. The number of methoxy groups -OCH3 is 1. The fraction of sp³-hybridized carbons (Fsp3) is 0.636. The van der Waals surface area contributed by atoms with Crippen molar-refractivity contribution in [3.8, 4) is 0 Å². The first-order chi connectivity index (χ1) is 14.5. The topological polar surface area (TPSA) is 112 Å². The monoisotopic (exact) mass is 413 g/mol. The Labute approximate surface area is 176 Å². The van der Waals surface area contributed by atoms with Gasteiger partial charge in [-0.2, -0.15) is 5.10 Å². The number of hydrogen-bond donors (Lipinski definition) is 2. The number of carbonyl (C=O) groups is 2. The van der Waals surface area contributed by atoms with Gasteiger partial charge in [-0.25, -0.2) is 9.50 Å². The van der Waals surface area contributed by atoms with E-state index < -0.39 is 11.4 Å². The van der Waals surface area contributed by atoms with Gasteiger partial charge in [0.15, 0.2) is 11.1 Å². The van der Waals surface area contributed by atoms with Crippen LogP contribution in [0.4, 0.5) is 0 Å². The van der Waals surface area contributed by atoms with Crippen LogP contribution in [0.5, 0.6) is 0 Å². The molecule has 0 spiro atoms. The molecule has 1 aliphatic carbocycles. The highest BCUT2D eigenvalue weighted by molar-refractivity contribution is 6.03. The Bertz CT molecular complexity index is 909. The van der Waals surface area contributed by atoms with Crippen LogP contribution in [0.1, 0.15) is 68.7 Å². The van der Waals surface area contributed by atoms with Crippen LogP contribution < -0.4 is 11.1 Å². The molecule has 1 saturated heterocycles. The van der Waals surface area contributed by atoms with Crippen molar-refractivity contribution in [1.29, 1.82) is 0 Å². The van der Waals surface area contributed by atoms with E-state index in [0.29, 0.717) is 24.5 Å². The summed E-state index contributed by atoms with van der Waals surface area (Å²) in [5.74, 6) is -0.329. The largest absolute Gasteiger partial charge is 0.468 e. The predicted octanol–water partition coefficient (Wildman–Crippen LogP) is 2.31. The third-order valence-electron chi connectivity index (χ3n) is 6.73. The number of nitrogens with one attached hydrogen (secondary N) is 1. The normalized spacial score (nSPS) is 24.3. The molecule has 0 radical (unpaired) electrons. The van der Waals surface area contributed by atoms with Gasteiger partial charge in [0.05, 0.1) is 31.2 Å². The molecule has 8 heteroatoms. The zero-order valence-corrected chi connectivity index (χ0v) is 17.6. The number of rotatable bonds is 5. The van der Waals surface area contributed by atoms with Crippen molar-refractivity contribution in [3.05, 3.63) is 29.7 Å². The molecule has 2 atom stereocenters. The van der Waals surface area contributed by atoms with Crippen LogP contribution in [-0.2, 0) is 20.7 Å². The highest BCUT2D eigenvalue weighted by Crippen LogP contribution is 2.34. The van der Waals surface area contributed by atoms with E-state index in [1.807, 2.05) is 12.3 Å². The number of fused-ring (bicyclic) bond motifs is 1. The lowest BCUT2D eigenvalue weighted by Crippen LogP contribution is -2.52. The number of nitrogens with zero attached hydrogens (tertiary/aromatic N) is 3. The van der Waals surface area contributed by atoms with E-state index in [1.54, 1.807) is 10.7 Å². The fourth-order valence-electron chi connectivity index (χ4n) is 4.96. The summed E-state index contributed by atoms with van der Waals surface area (Å²) in [7, 11) is 1.32. The lowest BCUT2D eigenvalue weighted by atomic mass is 9.75. The molecule has 1 saturated carbocycles. The number of nitrogens with two attached hydrogens (primary N) is 1. The van der Waals surface area contributed by atoms with Crippen molar-refractivity contribution in [2.45, 2.75) is 63.8 Å². The summed E-state index contributed by atoms with van der Waals surface area (Å²) >= 11 is 0. The summed E-state index contributed by atoms with van der Waals surface area (Å²) in [6, 6.07) is 1.79. The molecule has 3 heterocycles. The maximum atomic E-state index is 12.6. The Morgan fingerprint density at radius 1 is 1.33 bits per heavy atom. The van der Waals surface area contributed by atoms with Gasteiger partial charge in [-0.15, -0.1) is 0 Å². The Morgan fingerprint density at radius 2 is 2.10 bits per heavy atom. The van der Waals surface area contributed by atoms with E-state index in [1.165, 1.54) is 32.8 Å². The Morgan fingerprint density at radius 3 is 2.80 bits per heavy atom. The minimum Gasteiger partial charge on any atom is -0.468 e. The van der Waals surface area contributed by atoms with Crippen LogP contribution in [0.15, 0.2) is 18.5 Å². The SMILES string of the molecule is COC(=O)C1(Cc2cnn3cc(C(N)C4CCCCCC4)nc3c2)CCCNC1=O. The second kappa shape index (κ2) is 8.71. The number of aromatic nitrogens is 3. The van der Waals surface area contributed by atoms with E-state index in [0.717, 1.165) is 30.5 Å². The van der Waals surface area contributed by atoms with Gasteiger partial charge in [0, 0.05) is 6.54 Å². The third-order valence-corrected chi connectivity index (χ3v) is 6.73. The number of carbonyl (C=O) groups excluding carboxylic acids is 2. The highest BCUT2D eigenvalue weighted by Gasteiger charge is 2.48. The third kappa shape index (κ3) is 3.93. The number of ether oxygens (including phenoxy) is 1. The molecule has 1 aliphatic heterocycles. The molecule has 2 fully saturated rings. The van der Waals surface area contributed by atoms with E-state index >= 15 is 0 Å². The van der Waals surface area contributed by atoms with Gasteiger partial charge in [-0.05, 0) is 49.7 Å². The van der Waals surface area contributed by atoms with Gasteiger partial charge in [0.25, 0.3) is 0 Å². The van der Waals surface area contributed by atoms with Crippen molar-refractivity contribution in [2.24, 2.45) is 17.1 Å². The smallest absolute Gasteiger partial charge is 0.321 e. The standard InChI is InChI=1S/C22H31N5O3/c1-30-21(29)22(9-6-10-24-20(22)28)12-15-11-18-26-17(14-27(18)25-13-15)19(23)16-7-4-2-3-5-8-16/h11,13-14,16,19H,2-10,12,23H2,1H3,(H,24,28). The summed E-state index contributed by atoms with van der Waals surface area (Å²) < 4.78 is 6.70. The molecule has 3 N–H and O–H groups in total. The van der Waals surface area contributed by atoms with Gasteiger partial charge in [-0.1, -0.05) is 25.7 Å². The van der Waals surface area contributed by atoms with Crippen molar-refractivity contribution >= 4 is 17.5 Å². The fourth-order valence-corrected chi connectivity index (χ4v) is 4.96. The molecule has 2 unspecified atom stereocenters. The van der Waals surface area contributed by atoms with Gasteiger partial charge in [0.2, 0.25) is 5.91 Å². The maximum Gasteiger partial charge on any atom is 0.321 e. The van der Waals surface area contributed by atoms with Gasteiger partial charge >= 0.3 is 5.97 Å². The van der Waals surface area contributed by atoms with Crippen molar-refractivity contribution in [3.63, 3.8) is 0 Å². The summed E-state index contributed by atoms with van der Waals surface area (Å²) in [4.78, 5) is 29.9. The molecule has 162 valence electrons. The second-order valence-electron chi connectivity index (χ2n) is 8.72. The summed E-state index contributed by atoms with van der Waals surface area (Å²) in [6.07, 6.45) is 12.4. The molecular weight excluding hydrogens is 382 g/mol. The number of imidazole rings is 1. The molecule has 1 amide bonds. The van der Waals surface area contributed by atoms with Crippen molar-refractivity contribution in [2.75, 3.05) is 13.7 Å². The maximum absolute atomic E-state index is 12.6. The zero-order chi connectivity index (χ0) is 21.1. The molecule has 8 nitrogen and oxygen atoms in total. The quantitative estimate of drug-likeness (QED) is 0.442. The van der Waals surface area contributed by atoms with E-state index in [-0.39, 0.29) is 18.4 Å². The molecule has 2 aromatic rings. The zero-order valence-electron chi connectivity index (χ0n) is 17.6. The van der Waals surface area contributed by atoms with Gasteiger partial charge in [-0.3, -0.25) is 9.59 Å². The summed E-state index contributed by atoms with van der Waals surface area (Å²) in [5, 5.41) is 7.28. The number of piperidine rings is 1. The highest BCUT2D eigenvalue weighted by atomic mass is 16.5. The van der Waals surface area contributed by atoms with E-state index in [4.69, 9.17) is 15.5 Å². The van der Waals surface area contributed by atoms with Gasteiger partial charge < -0.3 is 15.8 Å². The molecule has 2 aliphatic rings. The molecule has 4 rings (SSSR count). The number of esters is 1. The predicted molar refractivity (Wildman–Crippen MR) is 112 cm³/mol. The van der Waals surface area contributed by atoms with Crippen LogP contribution in [0.3, 0.4) is 0 Å². The Kier molecular flexibility index (Phi) is 6.04. The lowest BCUT2D eigenvalue weighted by Gasteiger charge is -2.33. The first-order valence-electron chi connectivity index (χ1n) is 11.0. The van der Waals surface area contributed by atoms with Crippen LogP contribution in [0.25, 0.3) is 5.65 Å². The average molecular weight is 414 g/mol.